The summed E-state index contributed by atoms with van der Waals surface area (Å²) in [6, 6.07) is 14.1. The highest BCUT2D eigenvalue weighted by Crippen LogP contribution is 2.31. The molecule has 0 spiro atoms. The number of fused-ring (bicyclic) bond motifs is 1. The number of anilines is 1. The largest absolute Gasteiger partial charge is 0.331 e. The molecule has 0 aliphatic rings. The number of aryl methyl sites for hydroxylation is 3. The van der Waals surface area contributed by atoms with Crippen LogP contribution in [0.4, 0.5) is 10.5 Å². The summed E-state index contributed by atoms with van der Waals surface area (Å²) in [5.41, 5.74) is 6.06. The Labute approximate surface area is 148 Å². The molecule has 4 heteroatoms. The zero-order valence-electron chi connectivity index (χ0n) is 15.3. The predicted molar refractivity (Wildman–Crippen MR) is 104 cm³/mol. The Morgan fingerprint density at radius 1 is 1.00 bits per heavy atom. The van der Waals surface area contributed by atoms with E-state index in [-0.39, 0.29) is 6.03 Å². The second kappa shape index (κ2) is 6.55. The van der Waals surface area contributed by atoms with Gasteiger partial charge in [-0.3, -0.25) is 4.98 Å². The molecule has 25 heavy (non-hydrogen) atoms. The van der Waals surface area contributed by atoms with Gasteiger partial charge < -0.3 is 10.2 Å². The van der Waals surface area contributed by atoms with Crippen LogP contribution >= 0.6 is 0 Å². The molecule has 0 aliphatic heterocycles. The number of carbonyl (C=O) groups is 1. The molecule has 0 saturated heterocycles. The average molecular weight is 333 g/mol. The van der Waals surface area contributed by atoms with Gasteiger partial charge >= 0.3 is 6.03 Å². The number of amides is 2. The molecular weight excluding hydrogens is 310 g/mol. The van der Waals surface area contributed by atoms with Crippen LogP contribution < -0.4 is 5.32 Å². The normalized spacial score (nSPS) is 10.8. The van der Waals surface area contributed by atoms with Crippen molar-refractivity contribution in [1.29, 1.82) is 0 Å². The first-order valence-corrected chi connectivity index (χ1v) is 8.33. The summed E-state index contributed by atoms with van der Waals surface area (Å²) in [5.74, 6) is 0. The van der Waals surface area contributed by atoms with Crippen LogP contribution in [0.5, 0.6) is 0 Å². The molecule has 4 nitrogen and oxygen atoms in total. The van der Waals surface area contributed by atoms with Crippen molar-refractivity contribution in [3.63, 3.8) is 0 Å². The topological polar surface area (TPSA) is 45.2 Å². The first kappa shape index (κ1) is 17.0. The number of benzene rings is 2. The standard InChI is InChI=1S/C21H23N3O/c1-13-10-16-12-20(22-15(3)18(16)11-14(13)2)17-8-6-7-9-19(17)23-21(25)24(4)5/h6-12H,1-5H3,(H,23,25). The number of pyridine rings is 1. The summed E-state index contributed by atoms with van der Waals surface area (Å²) in [5, 5.41) is 5.28. The fraction of sp³-hybridized carbons (Fsp3) is 0.238. The number of hydrogen-bond acceptors (Lipinski definition) is 2. The summed E-state index contributed by atoms with van der Waals surface area (Å²) in [6.07, 6.45) is 0. The van der Waals surface area contributed by atoms with Gasteiger partial charge in [-0.1, -0.05) is 24.3 Å². The van der Waals surface area contributed by atoms with E-state index in [2.05, 4.69) is 37.4 Å². The highest BCUT2D eigenvalue weighted by molar-refractivity contribution is 5.95. The van der Waals surface area contributed by atoms with Crippen molar-refractivity contribution in [3.05, 3.63) is 59.3 Å². The SMILES string of the molecule is Cc1cc2cc(-c3ccccc3NC(=O)N(C)C)nc(C)c2cc1C. The molecule has 2 amide bonds. The molecule has 0 bridgehead atoms. The van der Waals surface area contributed by atoms with Crippen LogP contribution in [0, 0.1) is 20.8 Å². The van der Waals surface area contributed by atoms with Crippen LogP contribution in [0.2, 0.25) is 0 Å². The van der Waals surface area contributed by atoms with E-state index in [1.165, 1.54) is 26.8 Å². The third-order valence-electron chi connectivity index (χ3n) is 4.49. The quantitative estimate of drug-likeness (QED) is 0.723. The van der Waals surface area contributed by atoms with Gasteiger partial charge in [0.1, 0.15) is 0 Å². The lowest BCUT2D eigenvalue weighted by Crippen LogP contribution is -2.27. The van der Waals surface area contributed by atoms with E-state index in [0.717, 1.165) is 22.6 Å². The van der Waals surface area contributed by atoms with Crippen molar-refractivity contribution < 1.29 is 4.79 Å². The van der Waals surface area contributed by atoms with Gasteiger partial charge in [-0.2, -0.15) is 0 Å². The van der Waals surface area contributed by atoms with E-state index >= 15 is 0 Å². The fourth-order valence-electron chi connectivity index (χ4n) is 2.87. The Kier molecular flexibility index (Phi) is 4.45. The van der Waals surface area contributed by atoms with Crippen LogP contribution in [0.25, 0.3) is 22.0 Å². The minimum Gasteiger partial charge on any atom is -0.331 e. The van der Waals surface area contributed by atoms with Crippen molar-refractivity contribution in [2.24, 2.45) is 0 Å². The zero-order valence-corrected chi connectivity index (χ0v) is 15.3. The maximum absolute atomic E-state index is 12.1. The molecule has 3 rings (SSSR count). The van der Waals surface area contributed by atoms with E-state index in [1.807, 2.05) is 31.2 Å². The van der Waals surface area contributed by atoms with Gasteiger partial charge in [-0.15, -0.1) is 0 Å². The molecule has 2 aromatic carbocycles. The summed E-state index contributed by atoms with van der Waals surface area (Å²) < 4.78 is 0. The Hall–Kier alpha value is -2.88. The van der Waals surface area contributed by atoms with E-state index < -0.39 is 0 Å². The van der Waals surface area contributed by atoms with Crippen molar-refractivity contribution in [2.75, 3.05) is 19.4 Å². The van der Waals surface area contributed by atoms with E-state index in [0.29, 0.717) is 0 Å². The highest BCUT2D eigenvalue weighted by Gasteiger charge is 2.12. The number of carbonyl (C=O) groups excluding carboxylic acids is 1. The number of rotatable bonds is 2. The molecule has 1 N–H and O–H groups in total. The Bertz CT molecular complexity index is 961. The van der Waals surface area contributed by atoms with E-state index in [4.69, 9.17) is 4.98 Å². The molecule has 0 fully saturated rings. The third kappa shape index (κ3) is 3.33. The van der Waals surface area contributed by atoms with Crippen molar-refractivity contribution in [3.8, 4) is 11.3 Å². The smallest absolute Gasteiger partial charge is 0.321 e. The van der Waals surface area contributed by atoms with Gasteiger partial charge in [0.25, 0.3) is 0 Å². The van der Waals surface area contributed by atoms with Gasteiger partial charge in [0, 0.05) is 30.7 Å². The van der Waals surface area contributed by atoms with Crippen LogP contribution in [-0.2, 0) is 0 Å². The van der Waals surface area contributed by atoms with Crippen LogP contribution in [0.3, 0.4) is 0 Å². The Morgan fingerprint density at radius 2 is 1.68 bits per heavy atom. The second-order valence-corrected chi connectivity index (χ2v) is 6.62. The molecule has 1 aromatic heterocycles. The summed E-state index contributed by atoms with van der Waals surface area (Å²) in [7, 11) is 3.45. The highest BCUT2D eigenvalue weighted by atomic mass is 16.2. The molecule has 0 radical (unpaired) electrons. The summed E-state index contributed by atoms with van der Waals surface area (Å²) >= 11 is 0. The van der Waals surface area contributed by atoms with Gasteiger partial charge in [0.15, 0.2) is 0 Å². The zero-order chi connectivity index (χ0) is 18.1. The van der Waals surface area contributed by atoms with Crippen LogP contribution in [0.15, 0.2) is 42.5 Å². The van der Waals surface area contributed by atoms with Gasteiger partial charge in [-0.25, -0.2) is 4.79 Å². The minimum absolute atomic E-state index is 0.156. The van der Waals surface area contributed by atoms with Gasteiger partial charge in [0.2, 0.25) is 0 Å². The maximum atomic E-state index is 12.1. The van der Waals surface area contributed by atoms with Crippen molar-refractivity contribution >= 4 is 22.5 Å². The molecule has 1 heterocycles. The fourth-order valence-corrected chi connectivity index (χ4v) is 2.87. The lowest BCUT2D eigenvalue weighted by atomic mass is 9.99. The number of nitrogens with one attached hydrogen (secondary N) is 1. The van der Waals surface area contributed by atoms with Gasteiger partial charge in [0.05, 0.1) is 11.4 Å². The summed E-state index contributed by atoms with van der Waals surface area (Å²) in [4.78, 5) is 18.4. The lowest BCUT2D eigenvalue weighted by Gasteiger charge is -2.16. The number of para-hydroxylation sites is 1. The first-order valence-electron chi connectivity index (χ1n) is 8.33. The Morgan fingerprint density at radius 3 is 2.40 bits per heavy atom. The molecule has 128 valence electrons. The molecule has 3 aromatic rings. The third-order valence-corrected chi connectivity index (χ3v) is 4.49. The Balaban J connectivity index is 2.14. The lowest BCUT2D eigenvalue weighted by molar-refractivity contribution is 0.230. The van der Waals surface area contributed by atoms with E-state index in [1.54, 1.807) is 14.1 Å². The van der Waals surface area contributed by atoms with E-state index in [9.17, 15) is 4.79 Å². The van der Waals surface area contributed by atoms with Crippen LogP contribution in [0.1, 0.15) is 16.8 Å². The maximum Gasteiger partial charge on any atom is 0.321 e. The predicted octanol–water partition coefficient (Wildman–Crippen LogP) is 4.92. The average Bonchev–Trinajstić information content (AvgIpc) is 2.57. The number of hydrogen-bond donors (Lipinski definition) is 1. The monoisotopic (exact) mass is 333 g/mol. The number of urea groups is 1. The molecule has 0 saturated carbocycles. The molecule has 0 unspecified atom stereocenters. The first-order chi connectivity index (χ1) is 11.9. The summed E-state index contributed by atoms with van der Waals surface area (Å²) in [6.45, 7) is 6.27. The molecule has 0 atom stereocenters. The second-order valence-electron chi connectivity index (χ2n) is 6.62. The van der Waals surface area contributed by atoms with Crippen molar-refractivity contribution in [1.82, 2.24) is 9.88 Å². The molecule has 0 aliphatic carbocycles. The number of aromatic nitrogens is 1. The number of nitrogens with zero attached hydrogens (tertiary/aromatic N) is 2. The van der Waals surface area contributed by atoms with Crippen LogP contribution in [-0.4, -0.2) is 30.0 Å². The van der Waals surface area contributed by atoms with Gasteiger partial charge in [-0.05, 0) is 55.5 Å². The van der Waals surface area contributed by atoms with Crippen molar-refractivity contribution in [2.45, 2.75) is 20.8 Å². The minimum atomic E-state index is -0.156. The molecular formula is C21H23N3O.